The summed E-state index contributed by atoms with van der Waals surface area (Å²) in [5, 5.41) is 9.33. The number of pyridine rings is 1. The van der Waals surface area contributed by atoms with Crippen LogP contribution >= 0.6 is 0 Å². The van der Waals surface area contributed by atoms with Crippen LogP contribution in [0.1, 0.15) is 28.9 Å². The standard InChI is InChI=1S/C21H23FN2O3/c1-13-2-7-20(21(22)23-13)27-18-8-15-10-24(11-16(15)9-18)12-19(26)14-3-5-17(25)6-4-14/h2-7,15-16,18,25H,8-12H2,1H3/t15-,16+,18+. The van der Waals surface area contributed by atoms with Gasteiger partial charge in [-0.2, -0.15) is 4.39 Å². The highest BCUT2D eigenvalue weighted by atomic mass is 19.1. The summed E-state index contributed by atoms with van der Waals surface area (Å²) in [4.78, 5) is 18.4. The third-order valence-electron chi connectivity index (χ3n) is 5.59. The Balaban J connectivity index is 1.30. The molecule has 142 valence electrons. The SMILES string of the molecule is Cc1ccc(O[C@H]2C[C@@H]3CN(CC(=O)c4ccc(O)cc4)C[C@@H]3C2)c(F)n1. The highest BCUT2D eigenvalue weighted by Crippen LogP contribution is 2.40. The number of nitrogens with zero attached hydrogens (tertiary/aromatic N) is 2. The second-order valence-electron chi connectivity index (χ2n) is 7.64. The van der Waals surface area contributed by atoms with Crippen molar-refractivity contribution in [2.24, 2.45) is 11.8 Å². The van der Waals surface area contributed by atoms with Crippen molar-refractivity contribution < 1.29 is 19.0 Å². The Labute approximate surface area is 157 Å². The van der Waals surface area contributed by atoms with E-state index >= 15 is 0 Å². The molecule has 1 saturated carbocycles. The average molecular weight is 370 g/mol. The fourth-order valence-electron chi connectivity index (χ4n) is 4.29. The normalized spacial score (nSPS) is 24.7. The Hall–Kier alpha value is -2.47. The molecule has 0 spiro atoms. The molecule has 27 heavy (non-hydrogen) atoms. The van der Waals surface area contributed by atoms with Gasteiger partial charge in [0, 0.05) is 24.3 Å². The lowest BCUT2D eigenvalue weighted by molar-refractivity contribution is 0.0936. The van der Waals surface area contributed by atoms with Crippen molar-refractivity contribution in [1.29, 1.82) is 0 Å². The molecular formula is C21H23FN2O3. The van der Waals surface area contributed by atoms with Gasteiger partial charge < -0.3 is 9.84 Å². The molecule has 6 heteroatoms. The van der Waals surface area contributed by atoms with Crippen LogP contribution in [0.15, 0.2) is 36.4 Å². The number of aromatic hydroxyl groups is 1. The molecule has 1 aliphatic carbocycles. The maximum absolute atomic E-state index is 13.9. The predicted molar refractivity (Wildman–Crippen MR) is 98.4 cm³/mol. The van der Waals surface area contributed by atoms with Crippen molar-refractivity contribution in [3.8, 4) is 11.5 Å². The van der Waals surface area contributed by atoms with Crippen molar-refractivity contribution in [1.82, 2.24) is 9.88 Å². The van der Waals surface area contributed by atoms with E-state index in [4.69, 9.17) is 4.74 Å². The number of Topliss-reactive ketones (excluding diaryl/α,β-unsaturated/α-hetero) is 1. The van der Waals surface area contributed by atoms with E-state index in [9.17, 15) is 14.3 Å². The number of phenolic OH excluding ortho intramolecular Hbond substituents is 1. The Kier molecular flexibility index (Phi) is 4.83. The molecule has 1 aromatic heterocycles. The van der Waals surface area contributed by atoms with E-state index in [-0.39, 0.29) is 23.4 Å². The van der Waals surface area contributed by atoms with Gasteiger partial charge in [-0.1, -0.05) is 0 Å². The molecule has 2 aliphatic rings. The molecule has 2 heterocycles. The lowest BCUT2D eigenvalue weighted by Crippen LogP contribution is -2.30. The van der Waals surface area contributed by atoms with E-state index in [1.165, 1.54) is 12.1 Å². The van der Waals surface area contributed by atoms with Crippen LogP contribution in [0.3, 0.4) is 0 Å². The quantitative estimate of drug-likeness (QED) is 0.647. The zero-order chi connectivity index (χ0) is 19.0. The van der Waals surface area contributed by atoms with Crippen LogP contribution in [0.25, 0.3) is 0 Å². The third-order valence-corrected chi connectivity index (χ3v) is 5.59. The zero-order valence-electron chi connectivity index (χ0n) is 15.3. The van der Waals surface area contributed by atoms with E-state index in [2.05, 4.69) is 9.88 Å². The fourth-order valence-corrected chi connectivity index (χ4v) is 4.29. The second-order valence-corrected chi connectivity index (χ2v) is 7.64. The Morgan fingerprint density at radius 3 is 2.48 bits per heavy atom. The molecule has 1 aliphatic heterocycles. The number of aryl methyl sites for hydroxylation is 1. The summed E-state index contributed by atoms with van der Waals surface area (Å²) in [6.45, 7) is 3.87. The maximum Gasteiger partial charge on any atom is 0.255 e. The van der Waals surface area contributed by atoms with Crippen LogP contribution < -0.4 is 4.74 Å². The van der Waals surface area contributed by atoms with Gasteiger partial charge in [-0.05, 0) is 68.0 Å². The van der Waals surface area contributed by atoms with Crippen LogP contribution in [0.5, 0.6) is 11.5 Å². The van der Waals surface area contributed by atoms with Gasteiger partial charge in [-0.15, -0.1) is 0 Å². The first kappa shape index (κ1) is 17.9. The average Bonchev–Trinajstić information content (AvgIpc) is 3.15. The smallest absolute Gasteiger partial charge is 0.255 e. The summed E-state index contributed by atoms with van der Waals surface area (Å²) >= 11 is 0. The molecule has 2 fully saturated rings. The first-order valence-corrected chi connectivity index (χ1v) is 9.32. The fraction of sp³-hybridized carbons (Fsp3) is 0.429. The van der Waals surface area contributed by atoms with Gasteiger partial charge in [0.05, 0.1) is 12.6 Å². The van der Waals surface area contributed by atoms with Crippen molar-refractivity contribution in [2.75, 3.05) is 19.6 Å². The molecule has 5 nitrogen and oxygen atoms in total. The van der Waals surface area contributed by atoms with E-state index < -0.39 is 5.95 Å². The molecule has 1 aromatic carbocycles. The molecule has 1 N–H and O–H groups in total. The van der Waals surface area contributed by atoms with Crippen molar-refractivity contribution in [3.63, 3.8) is 0 Å². The number of benzene rings is 1. The lowest BCUT2D eigenvalue weighted by atomic mass is 10.0. The van der Waals surface area contributed by atoms with Gasteiger partial charge in [0.2, 0.25) is 0 Å². The number of ether oxygens (including phenoxy) is 1. The van der Waals surface area contributed by atoms with Gasteiger partial charge in [0.1, 0.15) is 5.75 Å². The van der Waals surface area contributed by atoms with Crippen LogP contribution in [-0.4, -0.2) is 46.5 Å². The Bertz CT molecular complexity index is 826. The first-order chi connectivity index (χ1) is 13.0. The van der Waals surface area contributed by atoms with E-state index in [1.807, 2.05) is 0 Å². The van der Waals surface area contributed by atoms with E-state index in [0.29, 0.717) is 29.6 Å². The third kappa shape index (κ3) is 3.95. The highest BCUT2D eigenvalue weighted by Gasteiger charge is 2.42. The van der Waals surface area contributed by atoms with Gasteiger partial charge in [0.15, 0.2) is 11.5 Å². The number of ketones is 1. The highest BCUT2D eigenvalue weighted by molar-refractivity contribution is 5.97. The predicted octanol–water partition coefficient (Wildman–Crippen LogP) is 3.21. The molecular weight excluding hydrogens is 347 g/mol. The minimum Gasteiger partial charge on any atom is -0.508 e. The molecule has 0 radical (unpaired) electrons. The van der Waals surface area contributed by atoms with Gasteiger partial charge in [-0.3, -0.25) is 9.69 Å². The van der Waals surface area contributed by atoms with Crippen molar-refractivity contribution >= 4 is 5.78 Å². The maximum atomic E-state index is 13.9. The number of carbonyl (C=O) groups excluding carboxylic acids is 1. The van der Waals surface area contributed by atoms with Crippen LogP contribution in [-0.2, 0) is 0 Å². The summed E-state index contributed by atoms with van der Waals surface area (Å²) < 4.78 is 19.7. The summed E-state index contributed by atoms with van der Waals surface area (Å²) in [6, 6.07) is 9.78. The Morgan fingerprint density at radius 1 is 1.19 bits per heavy atom. The number of phenols is 1. The largest absolute Gasteiger partial charge is 0.508 e. The summed E-state index contributed by atoms with van der Waals surface area (Å²) in [5.41, 5.74) is 1.26. The molecule has 2 aromatic rings. The number of carbonyl (C=O) groups is 1. The van der Waals surface area contributed by atoms with Crippen LogP contribution in [0, 0.1) is 24.7 Å². The Morgan fingerprint density at radius 2 is 1.85 bits per heavy atom. The minimum atomic E-state index is -0.548. The molecule has 0 amide bonds. The summed E-state index contributed by atoms with van der Waals surface area (Å²) in [7, 11) is 0. The number of hydrogen-bond acceptors (Lipinski definition) is 5. The second kappa shape index (κ2) is 7.27. The number of hydrogen-bond donors (Lipinski definition) is 1. The summed E-state index contributed by atoms with van der Waals surface area (Å²) in [6.07, 6.45) is 1.76. The van der Waals surface area contributed by atoms with Gasteiger partial charge >= 0.3 is 0 Å². The number of aromatic nitrogens is 1. The van der Waals surface area contributed by atoms with Crippen LogP contribution in [0.4, 0.5) is 4.39 Å². The molecule has 3 atom stereocenters. The van der Waals surface area contributed by atoms with Crippen LogP contribution in [0.2, 0.25) is 0 Å². The number of likely N-dealkylation sites (tertiary alicyclic amines) is 1. The van der Waals surface area contributed by atoms with Gasteiger partial charge in [-0.25, -0.2) is 4.98 Å². The lowest BCUT2D eigenvalue weighted by Gasteiger charge is -2.19. The van der Waals surface area contributed by atoms with E-state index in [1.54, 1.807) is 31.2 Å². The number of fused-ring (bicyclic) bond motifs is 1. The molecule has 4 rings (SSSR count). The summed E-state index contributed by atoms with van der Waals surface area (Å²) in [5.74, 6) is 0.857. The van der Waals surface area contributed by atoms with E-state index in [0.717, 1.165) is 25.9 Å². The molecule has 1 saturated heterocycles. The topological polar surface area (TPSA) is 62.7 Å². The number of halogens is 1. The van der Waals surface area contributed by atoms with Crippen molar-refractivity contribution in [3.05, 3.63) is 53.6 Å². The van der Waals surface area contributed by atoms with Gasteiger partial charge in [0.25, 0.3) is 5.95 Å². The number of rotatable bonds is 5. The molecule has 0 bridgehead atoms. The zero-order valence-corrected chi connectivity index (χ0v) is 15.3. The first-order valence-electron chi connectivity index (χ1n) is 9.32. The molecule has 0 unspecified atom stereocenters. The monoisotopic (exact) mass is 370 g/mol. The van der Waals surface area contributed by atoms with Crippen molar-refractivity contribution in [2.45, 2.75) is 25.9 Å². The minimum absolute atomic E-state index is 0.00829.